The minimum atomic E-state index is -1.08. The maximum absolute atomic E-state index is 12.6. The summed E-state index contributed by atoms with van der Waals surface area (Å²) in [6.45, 7) is 1.27. The van der Waals surface area contributed by atoms with Crippen LogP contribution >= 0.6 is 23.4 Å². The minimum Gasteiger partial charge on any atom is -0.478 e. The third-order valence-electron chi connectivity index (χ3n) is 4.38. The molecule has 170 valence electrons. The molecule has 1 fully saturated rings. The number of carboxylic acids is 1. The fraction of sp³-hybridized carbons (Fsp3) is 0.136. The highest BCUT2D eigenvalue weighted by Crippen LogP contribution is 2.32. The first-order valence-corrected chi connectivity index (χ1v) is 10.7. The summed E-state index contributed by atoms with van der Waals surface area (Å²) < 4.78 is 4.91. The quantitative estimate of drug-likeness (QED) is 0.443. The number of carbonyl (C=O) groups is 5. The van der Waals surface area contributed by atoms with Gasteiger partial charge in [-0.3, -0.25) is 19.3 Å². The van der Waals surface area contributed by atoms with Crippen LogP contribution in [0.1, 0.15) is 33.2 Å². The lowest BCUT2D eigenvalue weighted by Gasteiger charge is -2.13. The molecule has 9 nitrogen and oxygen atoms in total. The Morgan fingerprint density at radius 2 is 1.85 bits per heavy atom. The topological polar surface area (TPSA) is 130 Å². The Balaban J connectivity index is 1.68. The van der Waals surface area contributed by atoms with Gasteiger partial charge in [-0.25, -0.2) is 9.59 Å². The molecule has 33 heavy (non-hydrogen) atoms. The lowest BCUT2D eigenvalue weighted by Crippen LogP contribution is -2.36. The van der Waals surface area contributed by atoms with Crippen LogP contribution in [-0.4, -0.2) is 52.2 Å². The molecule has 0 spiro atoms. The molecule has 2 aromatic rings. The summed E-state index contributed by atoms with van der Waals surface area (Å²) in [5, 5.41) is 11.0. The second-order valence-corrected chi connectivity index (χ2v) is 8.06. The summed E-state index contributed by atoms with van der Waals surface area (Å²) >= 11 is 6.67. The standard InChI is InChI=1S/C22H17ClN2O7S/c1-2-32-21(30)15-10-14(7-8-16(15)23)24-18(26)11-25-19(27)17(33-22(25)31)9-12-3-5-13(6-4-12)20(28)29/h3-10H,2,11H2,1H3,(H,24,26)(H,28,29). The van der Waals surface area contributed by atoms with Crippen molar-refractivity contribution in [2.45, 2.75) is 6.92 Å². The molecule has 1 saturated heterocycles. The van der Waals surface area contributed by atoms with Crippen LogP contribution in [0.5, 0.6) is 0 Å². The first-order chi connectivity index (χ1) is 15.7. The number of imide groups is 1. The van der Waals surface area contributed by atoms with Crippen molar-refractivity contribution in [2.75, 3.05) is 18.5 Å². The fourth-order valence-corrected chi connectivity index (χ4v) is 3.86. The van der Waals surface area contributed by atoms with Crippen LogP contribution in [-0.2, 0) is 14.3 Å². The van der Waals surface area contributed by atoms with E-state index in [1.807, 2.05) is 0 Å². The molecule has 11 heteroatoms. The number of benzene rings is 2. The van der Waals surface area contributed by atoms with Gasteiger partial charge in [0, 0.05) is 5.69 Å². The van der Waals surface area contributed by atoms with E-state index in [9.17, 15) is 24.0 Å². The zero-order valence-corrected chi connectivity index (χ0v) is 18.7. The van der Waals surface area contributed by atoms with E-state index >= 15 is 0 Å². The molecule has 1 heterocycles. The van der Waals surface area contributed by atoms with Gasteiger partial charge >= 0.3 is 11.9 Å². The zero-order chi connectivity index (χ0) is 24.1. The number of esters is 1. The monoisotopic (exact) mass is 488 g/mol. The average Bonchev–Trinajstić information content (AvgIpc) is 3.03. The summed E-state index contributed by atoms with van der Waals surface area (Å²) in [5.41, 5.74) is 0.931. The number of carbonyl (C=O) groups excluding carboxylic acids is 4. The highest BCUT2D eigenvalue weighted by atomic mass is 35.5. The number of halogens is 1. The number of aromatic carboxylic acids is 1. The number of nitrogens with zero attached hydrogens (tertiary/aromatic N) is 1. The summed E-state index contributed by atoms with van der Waals surface area (Å²) in [6, 6.07) is 9.99. The second-order valence-electron chi connectivity index (χ2n) is 6.66. The number of hydrogen-bond donors (Lipinski definition) is 2. The molecule has 3 rings (SSSR count). The maximum Gasteiger partial charge on any atom is 0.339 e. The minimum absolute atomic E-state index is 0.0688. The molecule has 2 aromatic carbocycles. The number of carboxylic acid groups (broad SMARTS) is 1. The molecule has 1 aliphatic heterocycles. The molecular weight excluding hydrogens is 472 g/mol. The molecule has 0 radical (unpaired) electrons. The average molecular weight is 489 g/mol. The molecule has 0 unspecified atom stereocenters. The Hall–Kier alpha value is -3.63. The van der Waals surface area contributed by atoms with E-state index in [4.69, 9.17) is 21.4 Å². The van der Waals surface area contributed by atoms with Crippen LogP contribution < -0.4 is 5.32 Å². The normalized spacial score (nSPS) is 14.5. The Morgan fingerprint density at radius 3 is 2.48 bits per heavy atom. The van der Waals surface area contributed by atoms with E-state index in [-0.39, 0.29) is 33.3 Å². The predicted molar refractivity (Wildman–Crippen MR) is 122 cm³/mol. The summed E-state index contributed by atoms with van der Waals surface area (Å²) in [6.07, 6.45) is 1.44. The third-order valence-corrected chi connectivity index (χ3v) is 5.61. The van der Waals surface area contributed by atoms with Gasteiger partial charge in [0.25, 0.3) is 11.1 Å². The van der Waals surface area contributed by atoms with E-state index in [1.165, 1.54) is 48.5 Å². The van der Waals surface area contributed by atoms with Crippen molar-refractivity contribution in [3.8, 4) is 0 Å². The van der Waals surface area contributed by atoms with Crippen LogP contribution in [0, 0.1) is 0 Å². The SMILES string of the molecule is CCOC(=O)c1cc(NC(=O)CN2C(=O)SC(=Cc3ccc(C(=O)O)cc3)C2=O)ccc1Cl. The van der Waals surface area contributed by atoms with Crippen molar-refractivity contribution in [1.82, 2.24) is 4.90 Å². The van der Waals surface area contributed by atoms with Gasteiger partial charge in [-0.2, -0.15) is 0 Å². The van der Waals surface area contributed by atoms with E-state index in [2.05, 4.69) is 5.32 Å². The molecule has 2 N–H and O–H groups in total. The Kier molecular flexibility index (Phi) is 7.52. The number of nitrogens with one attached hydrogen (secondary N) is 1. The number of thioether (sulfide) groups is 1. The first-order valence-electron chi connectivity index (χ1n) is 9.55. The van der Waals surface area contributed by atoms with Gasteiger partial charge in [0.2, 0.25) is 5.91 Å². The smallest absolute Gasteiger partial charge is 0.339 e. The van der Waals surface area contributed by atoms with Gasteiger partial charge in [0.15, 0.2) is 0 Å². The van der Waals surface area contributed by atoms with Gasteiger partial charge in [0.05, 0.1) is 27.7 Å². The lowest BCUT2D eigenvalue weighted by molar-refractivity contribution is -0.127. The van der Waals surface area contributed by atoms with Gasteiger partial charge < -0.3 is 15.2 Å². The van der Waals surface area contributed by atoms with Gasteiger partial charge in [0.1, 0.15) is 6.54 Å². The van der Waals surface area contributed by atoms with Crippen molar-refractivity contribution >= 4 is 64.1 Å². The Morgan fingerprint density at radius 1 is 1.15 bits per heavy atom. The zero-order valence-electron chi connectivity index (χ0n) is 17.2. The van der Waals surface area contributed by atoms with Crippen molar-refractivity contribution in [3.05, 3.63) is 69.1 Å². The molecular formula is C22H17ClN2O7S. The van der Waals surface area contributed by atoms with Crippen LogP contribution in [0.2, 0.25) is 5.02 Å². The lowest BCUT2D eigenvalue weighted by atomic mass is 10.1. The van der Waals surface area contributed by atoms with Crippen LogP contribution in [0.25, 0.3) is 6.08 Å². The molecule has 0 aromatic heterocycles. The first kappa shape index (κ1) is 24.0. The second kappa shape index (κ2) is 10.3. The molecule has 0 atom stereocenters. The molecule has 0 bridgehead atoms. The maximum atomic E-state index is 12.6. The summed E-state index contributed by atoms with van der Waals surface area (Å²) in [5.74, 6) is -3.03. The van der Waals surface area contributed by atoms with Crippen LogP contribution in [0.3, 0.4) is 0 Å². The van der Waals surface area contributed by atoms with Gasteiger partial charge in [-0.15, -0.1) is 0 Å². The molecule has 3 amide bonds. The predicted octanol–water partition coefficient (Wildman–Crippen LogP) is 3.89. The Labute approximate surface area is 197 Å². The van der Waals surface area contributed by atoms with E-state index < -0.39 is 35.5 Å². The van der Waals surface area contributed by atoms with Gasteiger partial charge in [-0.05, 0) is 60.7 Å². The number of anilines is 1. The highest BCUT2D eigenvalue weighted by Gasteiger charge is 2.36. The molecule has 0 saturated carbocycles. The van der Waals surface area contributed by atoms with Gasteiger partial charge in [-0.1, -0.05) is 23.7 Å². The molecule has 0 aliphatic carbocycles. The Bertz CT molecular complexity index is 1180. The largest absolute Gasteiger partial charge is 0.478 e. The number of hydrogen-bond acceptors (Lipinski definition) is 7. The highest BCUT2D eigenvalue weighted by molar-refractivity contribution is 8.18. The third kappa shape index (κ3) is 5.79. The summed E-state index contributed by atoms with van der Waals surface area (Å²) in [4.78, 5) is 61.1. The van der Waals surface area contributed by atoms with Crippen molar-refractivity contribution in [1.29, 1.82) is 0 Å². The van der Waals surface area contributed by atoms with Crippen molar-refractivity contribution in [3.63, 3.8) is 0 Å². The number of amides is 3. The fourth-order valence-electron chi connectivity index (χ4n) is 2.82. The van der Waals surface area contributed by atoms with E-state index in [1.54, 1.807) is 6.92 Å². The number of ether oxygens (including phenoxy) is 1. The van der Waals surface area contributed by atoms with Crippen molar-refractivity contribution < 1.29 is 33.8 Å². The summed E-state index contributed by atoms with van der Waals surface area (Å²) in [7, 11) is 0. The number of rotatable bonds is 7. The van der Waals surface area contributed by atoms with E-state index in [0.29, 0.717) is 17.3 Å². The molecule has 1 aliphatic rings. The van der Waals surface area contributed by atoms with E-state index in [0.717, 1.165) is 4.90 Å². The van der Waals surface area contributed by atoms with Crippen molar-refractivity contribution in [2.24, 2.45) is 0 Å². The van der Waals surface area contributed by atoms with Crippen LogP contribution in [0.15, 0.2) is 47.4 Å². The van der Waals surface area contributed by atoms with Crippen LogP contribution in [0.4, 0.5) is 10.5 Å².